The van der Waals surface area contributed by atoms with Crippen LogP contribution in [0.5, 0.6) is 0 Å². The van der Waals surface area contributed by atoms with Crippen LogP contribution < -0.4 is 52.8 Å². The molecular formula is C44H61Cl3SiTi. The molecule has 0 saturated heterocycles. The Morgan fingerprint density at radius 2 is 0.653 bits per heavy atom. The largest absolute Gasteiger partial charge is 1.00 e. The Hall–Kier alpha value is -1.06. The molecule has 49 heavy (non-hydrogen) atoms. The Labute approximate surface area is 332 Å². The van der Waals surface area contributed by atoms with Crippen LogP contribution in [-0.2, 0) is 20.4 Å². The van der Waals surface area contributed by atoms with E-state index in [0.717, 1.165) is 6.42 Å². The molecule has 0 aromatic heterocycles. The summed E-state index contributed by atoms with van der Waals surface area (Å²) >= 11 is 2.46. The summed E-state index contributed by atoms with van der Waals surface area (Å²) in [5, 5.41) is 6.40. The van der Waals surface area contributed by atoms with Gasteiger partial charge in [-0.25, -0.2) is 0 Å². The molecule has 0 amide bonds. The summed E-state index contributed by atoms with van der Waals surface area (Å²) in [5.41, 5.74) is 10.4. The normalized spacial score (nSPS) is 13.6. The summed E-state index contributed by atoms with van der Waals surface area (Å²) in [7, 11) is -2.78. The second-order valence-electron chi connectivity index (χ2n) is 16.2. The fraction of sp³-hybridized carbons (Fsp3) is 0.500. The van der Waals surface area contributed by atoms with E-state index in [2.05, 4.69) is 178 Å². The van der Waals surface area contributed by atoms with Gasteiger partial charge in [0.05, 0.1) is 0 Å². The van der Waals surface area contributed by atoms with Crippen molar-refractivity contribution >= 4 is 23.6 Å². The van der Waals surface area contributed by atoms with E-state index in [-0.39, 0.29) is 37.2 Å². The third kappa shape index (κ3) is 9.49. The average molecular weight is 772 g/mol. The van der Waals surface area contributed by atoms with E-state index in [4.69, 9.17) is 0 Å². The van der Waals surface area contributed by atoms with Gasteiger partial charge in [-0.05, 0) is 0 Å². The summed E-state index contributed by atoms with van der Waals surface area (Å²) in [4.78, 5) is 0. The molecule has 3 aromatic rings. The van der Waals surface area contributed by atoms with Crippen LogP contribution >= 0.6 is 0 Å². The van der Waals surface area contributed by atoms with Crippen LogP contribution in [0.2, 0.25) is 0 Å². The fourth-order valence-electron chi connectivity index (χ4n) is 7.16. The van der Waals surface area contributed by atoms with E-state index in [1.165, 1.54) is 33.4 Å². The fourth-order valence-corrected chi connectivity index (χ4v) is 14.1. The third-order valence-electron chi connectivity index (χ3n) is 10.4. The number of hydrogen-bond donors (Lipinski definition) is 0. The summed E-state index contributed by atoms with van der Waals surface area (Å²) in [6.45, 7) is 33.2. The van der Waals surface area contributed by atoms with E-state index in [9.17, 15) is 0 Å². The smallest absolute Gasteiger partial charge is 1.00 e. The van der Waals surface area contributed by atoms with Crippen molar-refractivity contribution in [2.75, 3.05) is 0 Å². The molecule has 0 atom stereocenters. The van der Waals surface area contributed by atoms with Gasteiger partial charge in [-0.2, -0.15) is 0 Å². The molecule has 0 aliphatic heterocycles. The standard InChI is InChI=1S/C44H61Si.3ClH.Ti/c1-27(2)34-15-16-41(20-34)45(42-21-35(28(3)4)17-36(22-42)29(5)6,43-23-37(30(7)8)18-38(24-43)31(9)10)44-25-39(32(11)12)19-40(26-44)33(13)14;;;;/h15,17-19,21-33H,16H2,1-14H3;3*1H;/q;;;;+3/p-3. The zero-order chi connectivity index (χ0) is 34.2. The third-order valence-corrected chi connectivity index (χ3v) is 16.6. The second kappa shape index (κ2) is 18.6. The minimum Gasteiger partial charge on any atom is -1.00 e. The van der Waals surface area contributed by atoms with Crippen molar-refractivity contribution in [3.63, 3.8) is 0 Å². The predicted octanol–water partition coefficient (Wildman–Crippen LogP) is 2.24. The van der Waals surface area contributed by atoms with Gasteiger partial charge in [-0.15, -0.1) is 0 Å². The SMILES string of the molecule is CC(C)C1=CCC([Si](c2cc(C(C)C)cc(C(C)C)c2)(c2cc(C(C)C)cc(C(C)C)c2)c2cc(C(C)C)cc(C(C)C)c2)=[C]1[Ti+3].[Cl-].[Cl-].[Cl-]. The molecule has 0 saturated carbocycles. The van der Waals surface area contributed by atoms with Crippen molar-refractivity contribution in [3.8, 4) is 0 Å². The van der Waals surface area contributed by atoms with Crippen molar-refractivity contribution in [3.05, 3.63) is 109 Å². The molecule has 0 bridgehead atoms. The molecule has 1 aliphatic rings. The van der Waals surface area contributed by atoms with Crippen LogP contribution in [0.25, 0.3) is 0 Å². The first-order valence-electron chi connectivity index (χ1n) is 18.1. The van der Waals surface area contributed by atoms with Crippen molar-refractivity contribution in [1.29, 1.82) is 0 Å². The molecule has 0 radical (unpaired) electrons. The van der Waals surface area contributed by atoms with Gasteiger partial charge in [0.25, 0.3) is 0 Å². The molecule has 0 N–H and O–H groups in total. The van der Waals surface area contributed by atoms with Gasteiger partial charge >= 0.3 is 298 Å². The van der Waals surface area contributed by atoms with Crippen molar-refractivity contribution in [2.24, 2.45) is 5.92 Å². The zero-order valence-electron chi connectivity index (χ0n) is 32.7. The van der Waals surface area contributed by atoms with E-state index in [0.29, 0.717) is 41.4 Å². The van der Waals surface area contributed by atoms with E-state index >= 15 is 0 Å². The molecule has 0 spiro atoms. The van der Waals surface area contributed by atoms with E-state index < -0.39 is 8.07 Å². The number of allylic oxidation sites excluding steroid dienone is 4. The Morgan fingerprint density at radius 3 is 0.837 bits per heavy atom. The Kier molecular flexibility index (Phi) is 17.5. The van der Waals surface area contributed by atoms with Crippen LogP contribution in [0.4, 0.5) is 0 Å². The van der Waals surface area contributed by atoms with Gasteiger partial charge in [0.2, 0.25) is 0 Å². The number of halogens is 3. The second-order valence-corrected chi connectivity index (χ2v) is 20.8. The summed E-state index contributed by atoms with van der Waals surface area (Å²) in [5.74, 6) is 3.31. The Balaban J connectivity index is 0.00000400. The number of hydrogen-bond acceptors (Lipinski definition) is 0. The molecule has 0 nitrogen and oxygen atoms in total. The first kappa shape index (κ1) is 46.0. The van der Waals surface area contributed by atoms with E-state index in [1.54, 1.807) is 30.2 Å². The molecule has 0 fully saturated rings. The Bertz CT molecular complexity index is 1390. The molecule has 266 valence electrons. The maximum Gasteiger partial charge on any atom is -1.00 e. The number of benzene rings is 3. The van der Waals surface area contributed by atoms with Gasteiger partial charge in [0, 0.05) is 0 Å². The molecule has 1 aliphatic carbocycles. The quantitative estimate of drug-likeness (QED) is 0.208. The minimum absolute atomic E-state index is 0. The van der Waals surface area contributed by atoms with Crippen molar-refractivity contribution in [2.45, 2.75) is 139 Å². The van der Waals surface area contributed by atoms with Crippen molar-refractivity contribution in [1.82, 2.24) is 0 Å². The summed E-state index contributed by atoms with van der Waals surface area (Å²) in [6, 6.07) is 23.4. The Morgan fingerprint density at radius 1 is 0.408 bits per heavy atom. The van der Waals surface area contributed by atoms with Crippen LogP contribution in [0.15, 0.2) is 75.3 Å². The maximum atomic E-state index is 2.64. The van der Waals surface area contributed by atoms with Crippen LogP contribution in [0.1, 0.15) is 172 Å². The van der Waals surface area contributed by atoms with Gasteiger partial charge in [0.15, 0.2) is 0 Å². The average Bonchev–Trinajstić information content (AvgIpc) is 3.38. The maximum absolute atomic E-state index is 2.78. The first-order chi connectivity index (χ1) is 21.5. The molecule has 5 heteroatoms. The molecule has 3 aromatic carbocycles. The first-order valence-corrected chi connectivity index (χ1v) is 20.9. The summed E-state index contributed by atoms with van der Waals surface area (Å²) < 4.78 is 1.55. The number of rotatable bonds is 11. The zero-order valence-corrected chi connectivity index (χ0v) is 37.5. The van der Waals surface area contributed by atoms with Crippen LogP contribution in [0, 0.1) is 5.92 Å². The molecule has 0 heterocycles. The monoisotopic (exact) mass is 770 g/mol. The summed E-state index contributed by atoms with van der Waals surface area (Å²) in [6.07, 6.45) is 3.62. The minimum atomic E-state index is -2.78. The topological polar surface area (TPSA) is 0 Å². The predicted molar refractivity (Wildman–Crippen MR) is 203 cm³/mol. The van der Waals surface area contributed by atoms with Gasteiger partial charge < -0.3 is 37.2 Å². The molecule has 0 unspecified atom stereocenters. The van der Waals surface area contributed by atoms with Gasteiger partial charge in [-0.1, -0.05) is 0 Å². The van der Waals surface area contributed by atoms with Gasteiger partial charge in [0.1, 0.15) is 0 Å². The molecule has 4 rings (SSSR count). The van der Waals surface area contributed by atoms with Crippen molar-refractivity contribution < 1.29 is 57.7 Å². The van der Waals surface area contributed by atoms with E-state index in [1.807, 2.05) is 0 Å². The molecular weight excluding hydrogens is 711 g/mol. The van der Waals surface area contributed by atoms with Gasteiger partial charge in [-0.3, -0.25) is 0 Å². The van der Waals surface area contributed by atoms with Crippen LogP contribution in [0.3, 0.4) is 0 Å². The van der Waals surface area contributed by atoms with Crippen LogP contribution in [-0.4, -0.2) is 8.07 Å².